The lowest BCUT2D eigenvalue weighted by atomic mass is 10.1. The molecular formula is C11H12N4O. The normalized spacial score (nSPS) is 10.3. The van der Waals surface area contributed by atoms with E-state index in [0.717, 1.165) is 5.56 Å². The second kappa shape index (κ2) is 4.14. The minimum Gasteiger partial charge on any atom is -0.399 e. The van der Waals surface area contributed by atoms with Crippen LogP contribution in [0.3, 0.4) is 0 Å². The fourth-order valence-electron chi connectivity index (χ4n) is 1.42. The molecular weight excluding hydrogens is 204 g/mol. The number of aromatic nitrogens is 3. The van der Waals surface area contributed by atoms with Crippen molar-refractivity contribution in [3.63, 3.8) is 0 Å². The van der Waals surface area contributed by atoms with Gasteiger partial charge in [0.2, 0.25) is 0 Å². The summed E-state index contributed by atoms with van der Waals surface area (Å²) in [7, 11) is 0. The van der Waals surface area contributed by atoms with E-state index in [9.17, 15) is 4.79 Å². The summed E-state index contributed by atoms with van der Waals surface area (Å²) in [6.07, 6.45) is 0.485. The van der Waals surface area contributed by atoms with E-state index in [0.29, 0.717) is 23.6 Å². The number of hydrogen-bond donors (Lipinski definition) is 2. The van der Waals surface area contributed by atoms with Gasteiger partial charge in [0.05, 0.1) is 0 Å². The van der Waals surface area contributed by atoms with Gasteiger partial charge >= 0.3 is 0 Å². The highest BCUT2D eigenvalue weighted by Gasteiger charge is 2.04. The molecule has 0 aliphatic rings. The molecule has 1 aromatic heterocycles. The summed E-state index contributed by atoms with van der Waals surface area (Å²) in [5.41, 5.74) is 7.51. The van der Waals surface area contributed by atoms with Gasteiger partial charge in [-0.2, -0.15) is 5.10 Å². The van der Waals surface area contributed by atoms with E-state index < -0.39 is 0 Å². The first kappa shape index (κ1) is 10.4. The molecule has 0 saturated carbocycles. The average molecular weight is 216 g/mol. The maximum absolute atomic E-state index is 11.4. The molecule has 0 saturated heterocycles. The first-order valence-corrected chi connectivity index (χ1v) is 4.92. The highest BCUT2D eigenvalue weighted by molar-refractivity contribution is 5.40. The van der Waals surface area contributed by atoms with Crippen LogP contribution in [0.4, 0.5) is 5.69 Å². The van der Waals surface area contributed by atoms with Crippen molar-refractivity contribution >= 4 is 5.69 Å². The molecule has 0 aliphatic heterocycles. The zero-order chi connectivity index (χ0) is 11.5. The van der Waals surface area contributed by atoms with Crippen LogP contribution >= 0.6 is 0 Å². The Balaban J connectivity index is 2.30. The van der Waals surface area contributed by atoms with Crippen LogP contribution in [0.1, 0.15) is 17.1 Å². The van der Waals surface area contributed by atoms with Gasteiger partial charge in [-0.15, -0.1) is 0 Å². The summed E-state index contributed by atoms with van der Waals surface area (Å²) < 4.78 is 0. The van der Waals surface area contributed by atoms with Crippen LogP contribution in [0.25, 0.3) is 0 Å². The van der Waals surface area contributed by atoms with Crippen molar-refractivity contribution in [1.82, 2.24) is 15.2 Å². The largest absolute Gasteiger partial charge is 0.399 e. The van der Waals surface area contributed by atoms with E-state index >= 15 is 0 Å². The highest BCUT2D eigenvalue weighted by Crippen LogP contribution is 2.07. The Kier molecular flexibility index (Phi) is 2.68. The first-order chi connectivity index (χ1) is 7.65. The number of nitrogen functional groups attached to an aromatic ring is 1. The van der Waals surface area contributed by atoms with Crippen molar-refractivity contribution in [3.05, 3.63) is 51.7 Å². The second-order valence-electron chi connectivity index (χ2n) is 3.58. The lowest BCUT2D eigenvalue weighted by molar-refractivity contribution is 0.831. The molecule has 0 amide bonds. The molecule has 82 valence electrons. The van der Waals surface area contributed by atoms with E-state index in [-0.39, 0.29) is 5.56 Å². The SMILES string of the molecule is Cc1n[nH]c(=O)c(Cc2ccc(N)cc2)n1. The van der Waals surface area contributed by atoms with Gasteiger partial charge in [-0.05, 0) is 24.6 Å². The molecule has 16 heavy (non-hydrogen) atoms. The van der Waals surface area contributed by atoms with E-state index in [1.54, 1.807) is 19.1 Å². The minimum absolute atomic E-state index is 0.248. The zero-order valence-corrected chi connectivity index (χ0v) is 8.90. The van der Waals surface area contributed by atoms with Crippen molar-refractivity contribution < 1.29 is 0 Å². The maximum Gasteiger partial charge on any atom is 0.286 e. The Labute approximate surface area is 92.3 Å². The Bertz CT molecular complexity index is 545. The van der Waals surface area contributed by atoms with Crippen molar-refractivity contribution in [2.24, 2.45) is 0 Å². The quantitative estimate of drug-likeness (QED) is 0.722. The summed E-state index contributed by atoms with van der Waals surface area (Å²) in [5.74, 6) is 0.560. The molecule has 3 N–H and O–H groups in total. The highest BCUT2D eigenvalue weighted by atomic mass is 16.1. The number of anilines is 1. The molecule has 1 aromatic carbocycles. The predicted octanol–water partition coefficient (Wildman–Crippen LogP) is 0.646. The van der Waals surface area contributed by atoms with Crippen molar-refractivity contribution in [1.29, 1.82) is 0 Å². The fraction of sp³-hybridized carbons (Fsp3) is 0.182. The number of H-pyrrole nitrogens is 1. The smallest absolute Gasteiger partial charge is 0.286 e. The summed E-state index contributed by atoms with van der Waals surface area (Å²) >= 11 is 0. The Morgan fingerprint density at radius 1 is 1.31 bits per heavy atom. The average Bonchev–Trinajstić information content (AvgIpc) is 2.27. The van der Waals surface area contributed by atoms with E-state index in [4.69, 9.17) is 5.73 Å². The van der Waals surface area contributed by atoms with Gasteiger partial charge in [0.1, 0.15) is 11.5 Å². The molecule has 0 radical (unpaired) electrons. The Hall–Kier alpha value is -2.17. The van der Waals surface area contributed by atoms with Gasteiger partial charge in [-0.1, -0.05) is 12.1 Å². The van der Waals surface area contributed by atoms with Crippen LogP contribution in [0, 0.1) is 6.92 Å². The van der Waals surface area contributed by atoms with Gasteiger partial charge in [0.15, 0.2) is 0 Å². The van der Waals surface area contributed by atoms with Crippen LogP contribution < -0.4 is 11.3 Å². The molecule has 0 aliphatic carbocycles. The van der Waals surface area contributed by atoms with Crippen molar-refractivity contribution in [2.45, 2.75) is 13.3 Å². The molecule has 5 heteroatoms. The molecule has 0 spiro atoms. The summed E-state index contributed by atoms with van der Waals surface area (Å²) in [5, 5.41) is 6.13. The number of nitrogens with two attached hydrogens (primary N) is 1. The summed E-state index contributed by atoms with van der Waals surface area (Å²) in [6.45, 7) is 1.74. The second-order valence-corrected chi connectivity index (χ2v) is 3.58. The third kappa shape index (κ3) is 2.25. The third-order valence-corrected chi connectivity index (χ3v) is 2.23. The fourth-order valence-corrected chi connectivity index (χ4v) is 1.42. The van der Waals surface area contributed by atoms with E-state index in [2.05, 4.69) is 15.2 Å². The Morgan fingerprint density at radius 2 is 2.00 bits per heavy atom. The first-order valence-electron chi connectivity index (χ1n) is 4.92. The molecule has 5 nitrogen and oxygen atoms in total. The van der Waals surface area contributed by atoms with Gasteiger partial charge in [0.25, 0.3) is 5.56 Å². The molecule has 0 unspecified atom stereocenters. The minimum atomic E-state index is -0.248. The van der Waals surface area contributed by atoms with Crippen molar-refractivity contribution in [3.8, 4) is 0 Å². The van der Waals surface area contributed by atoms with Crippen LogP contribution in [0.2, 0.25) is 0 Å². The number of benzene rings is 1. The molecule has 0 fully saturated rings. The molecule has 2 aromatic rings. The number of nitrogens with zero attached hydrogens (tertiary/aromatic N) is 2. The van der Waals surface area contributed by atoms with Crippen molar-refractivity contribution in [2.75, 3.05) is 5.73 Å². The number of hydrogen-bond acceptors (Lipinski definition) is 4. The molecule has 1 heterocycles. The number of aryl methyl sites for hydroxylation is 1. The standard InChI is InChI=1S/C11H12N4O/c1-7-13-10(11(16)15-14-7)6-8-2-4-9(12)5-3-8/h2-5H,6,12H2,1H3,(H,15,16). The molecule has 0 atom stereocenters. The molecule has 2 rings (SSSR count). The van der Waals surface area contributed by atoms with E-state index in [1.165, 1.54) is 0 Å². The topological polar surface area (TPSA) is 84.7 Å². The number of rotatable bonds is 2. The Morgan fingerprint density at radius 3 is 2.69 bits per heavy atom. The van der Waals surface area contributed by atoms with Gasteiger partial charge in [-0.25, -0.2) is 10.1 Å². The van der Waals surface area contributed by atoms with Crippen LogP contribution in [-0.4, -0.2) is 15.2 Å². The van der Waals surface area contributed by atoms with Crippen LogP contribution in [-0.2, 0) is 6.42 Å². The maximum atomic E-state index is 11.4. The number of aromatic amines is 1. The third-order valence-electron chi connectivity index (χ3n) is 2.23. The van der Waals surface area contributed by atoms with Crippen LogP contribution in [0.15, 0.2) is 29.1 Å². The predicted molar refractivity (Wildman–Crippen MR) is 61.1 cm³/mol. The van der Waals surface area contributed by atoms with Gasteiger partial charge in [-0.3, -0.25) is 4.79 Å². The van der Waals surface area contributed by atoms with E-state index in [1.807, 2.05) is 12.1 Å². The van der Waals surface area contributed by atoms with Gasteiger partial charge in [0, 0.05) is 12.1 Å². The summed E-state index contributed by atoms with van der Waals surface area (Å²) in [6, 6.07) is 7.37. The van der Waals surface area contributed by atoms with Gasteiger partial charge < -0.3 is 5.73 Å². The lowest BCUT2D eigenvalue weighted by Gasteiger charge is -2.01. The lowest BCUT2D eigenvalue weighted by Crippen LogP contribution is -2.18. The molecule has 0 bridgehead atoms. The van der Waals surface area contributed by atoms with Crippen LogP contribution in [0.5, 0.6) is 0 Å². The summed E-state index contributed by atoms with van der Waals surface area (Å²) in [4.78, 5) is 15.5. The zero-order valence-electron chi connectivity index (χ0n) is 8.90. The number of nitrogens with one attached hydrogen (secondary N) is 1. The monoisotopic (exact) mass is 216 g/mol.